The zero-order chi connectivity index (χ0) is 18.7. The third-order valence-corrected chi connectivity index (χ3v) is 6.55. The van der Waals surface area contributed by atoms with Gasteiger partial charge in [0.1, 0.15) is 0 Å². The van der Waals surface area contributed by atoms with Crippen molar-refractivity contribution in [3.05, 3.63) is 60.7 Å². The van der Waals surface area contributed by atoms with Gasteiger partial charge in [-0.3, -0.25) is 0 Å². The highest BCUT2D eigenvalue weighted by atomic mass is 32.2. The number of rotatable bonds is 5. The summed E-state index contributed by atoms with van der Waals surface area (Å²) in [5, 5.41) is 0.949. The van der Waals surface area contributed by atoms with Crippen LogP contribution in [-0.4, -0.2) is 32.2 Å². The van der Waals surface area contributed by atoms with Gasteiger partial charge in [0, 0.05) is 22.3 Å². The van der Waals surface area contributed by atoms with Crippen molar-refractivity contribution in [2.45, 2.75) is 14.8 Å². The molecule has 0 spiro atoms. The molecule has 3 rings (SSSR count). The van der Waals surface area contributed by atoms with E-state index in [1.54, 1.807) is 35.7 Å². The molecule has 0 fully saturated rings. The molecule has 0 unspecified atom stereocenters. The van der Waals surface area contributed by atoms with Gasteiger partial charge in [-0.1, -0.05) is 24.3 Å². The molecule has 2 aromatic carbocycles. The van der Waals surface area contributed by atoms with E-state index in [9.17, 15) is 8.42 Å². The number of hydrogen-bond acceptors (Lipinski definition) is 5. The van der Waals surface area contributed by atoms with Gasteiger partial charge in [0.25, 0.3) is 0 Å². The van der Waals surface area contributed by atoms with E-state index in [0.717, 1.165) is 27.4 Å². The fraction of sp³-hybridized carbons (Fsp3) is 0.150. The predicted molar refractivity (Wildman–Crippen MR) is 112 cm³/mol. The summed E-state index contributed by atoms with van der Waals surface area (Å²) >= 11 is 3.30. The van der Waals surface area contributed by atoms with Crippen LogP contribution in [0.2, 0.25) is 0 Å². The van der Waals surface area contributed by atoms with Crippen molar-refractivity contribution in [1.82, 2.24) is 4.98 Å². The quantitative estimate of drug-likeness (QED) is 0.546. The SMILES string of the molecule is CSc1ccc(-c2nc(SC)ccc2-c2ccc(S(C)(=O)=O)cc2)cc1. The Balaban J connectivity index is 2.12. The average molecular weight is 402 g/mol. The van der Waals surface area contributed by atoms with Gasteiger partial charge < -0.3 is 0 Å². The van der Waals surface area contributed by atoms with Crippen molar-refractivity contribution in [1.29, 1.82) is 0 Å². The molecule has 6 heteroatoms. The summed E-state index contributed by atoms with van der Waals surface area (Å²) in [5.41, 5.74) is 3.87. The lowest BCUT2D eigenvalue weighted by atomic mass is 9.99. The van der Waals surface area contributed by atoms with E-state index in [2.05, 4.69) is 30.5 Å². The van der Waals surface area contributed by atoms with Gasteiger partial charge in [-0.05, 0) is 54.5 Å². The van der Waals surface area contributed by atoms with Crippen molar-refractivity contribution in [2.75, 3.05) is 18.8 Å². The maximum atomic E-state index is 11.7. The topological polar surface area (TPSA) is 47.0 Å². The lowest BCUT2D eigenvalue weighted by molar-refractivity contribution is 0.602. The number of aromatic nitrogens is 1. The van der Waals surface area contributed by atoms with Crippen molar-refractivity contribution in [3.63, 3.8) is 0 Å². The third kappa shape index (κ3) is 4.14. The Morgan fingerprint density at radius 3 is 1.92 bits per heavy atom. The Hall–Kier alpha value is -1.76. The first-order chi connectivity index (χ1) is 12.4. The number of pyridine rings is 1. The number of hydrogen-bond donors (Lipinski definition) is 0. The molecule has 3 aromatic rings. The Bertz CT molecular complexity index is 1010. The Labute approximate surface area is 163 Å². The lowest BCUT2D eigenvalue weighted by Crippen LogP contribution is -1.97. The highest BCUT2D eigenvalue weighted by Crippen LogP contribution is 2.33. The van der Waals surface area contributed by atoms with E-state index in [-0.39, 0.29) is 0 Å². The molecular weight excluding hydrogens is 382 g/mol. The van der Waals surface area contributed by atoms with E-state index in [1.807, 2.05) is 30.5 Å². The summed E-state index contributed by atoms with van der Waals surface area (Å²) in [7, 11) is -3.20. The van der Waals surface area contributed by atoms with Crippen LogP contribution in [0.5, 0.6) is 0 Å². The Morgan fingerprint density at radius 1 is 0.769 bits per heavy atom. The molecule has 134 valence electrons. The van der Waals surface area contributed by atoms with Crippen LogP contribution in [0.25, 0.3) is 22.4 Å². The van der Waals surface area contributed by atoms with E-state index in [0.29, 0.717) is 4.90 Å². The van der Waals surface area contributed by atoms with Crippen LogP contribution in [0, 0.1) is 0 Å². The molecule has 0 saturated heterocycles. The third-order valence-electron chi connectivity index (χ3n) is 4.04. The summed E-state index contributed by atoms with van der Waals surface area (Å²) in [6, 6.07) is 19.3. The fourth-order valence-electron chi connectivity index (χ4n) is 2.64. The molecule has 26 heavy (non-hydrogen) atoms. The second-order valence-electron chi connectivity index (χ2n) is 5.77. The first kappa shape index (κ1) is 19.0. The molecule has 1 aromatic heterocycles. The van der Waals surface area contributed by atoms with E-state index in [4.69, 9.17) is 4.98 Å². The van der Waals surface area contributed by atoms with E-state index >= 15 is 0 Å². The molecule has 0 N–H and O–H groups in total. The second kappa shape index (κ2) is 7.86. The molecule has 0 saturated carbocycles. The molecule has 0 radical (unpaired) electrons. The van der Waals surface area contributed by atoms with Gasteiger partial charge in [0.15, 0.2) is 9.84 Å². The summed E-state index contributed by atoms with van der Waals surface area (Å²) in [4.78, 5) is 6.33. The summed E-state index contributed by atoms with van der Waals surface area (Å²) in [6.45, 7) is 0. The highest BCUT2D eigenvalue weighted by molar-refractivity contribution is 7.98. The number of benzene rings is 2. The van der Waals surface area contributed by atoms with Gasteiger partial charge >= 0.3 is 0 Å². The van der Waals surface area contributed by atoms with Gasteiger partial charge in [-0.15, -0.1) is 23.5 Å². The Kier molecular flexibility index (Phi) is 5.75. The number of sulfone groups is 1. The van der Waals surface area contributed by atoms with Crippen LogP contribution >= 0.6 is 23.5 Å². The zero-order valence-electron chi connectivity index (χ0n) is 14.8. The first-order valence-corrected chi connectivity index (χ1v) is 12.3. The smallest absolute Gasteiger partial charge is 0.175 e. The molecule has 0 aliphatic heterocycles. The molecule has 1 heterocycles. The van der Waals surface area contributed by atoms with Crippen LogP contribution in [0.15, 0.2) is 75.5 Å². The molecule has 0 bridgehead atoms. The minimum atomic E-state index is -3.20. The van der Waals surface area contributed by atoms with Crippen molar-refractivity contribution in [2.24, 2.45) is 0 Å². The number of thioether (sulfide) groups is 2. The van der Waals surface area contributed by atoms with Gasteiger partial charge in [-0.2, -0.15) is 0 Å². The van der Waals surface area contributed by atoms with Crippen LogP contribution in [0.4, 0.5) is 0 Å². The largest absolute Gasteiger partial charge is 0.241 e. The molecular formula is C20H19NO2S3. The highest BCUT2D eigenvalue weighted by Gasteiger charge is 2.12. The average Bonchev–Trinajstić information content (AvgIpc) is 2.67. The molecule has 0 aliphatic rings. The predicted octanol–water partition coefficient (Wildman–Crippen LogP) is 5.26. The van der Waals surface area contributed by atoms with Crippen molar-refractivity contribution >= 4 is 33.4 Å². The summed E-state index contributed by atoms with van der Waals surface area (Å²) in [5.74, 6) is 0. The minimum absolute atomic E-state index is 0.320. The van der Waals surface area contributed by atoms with E-state index < -0.39 is 9.84 Å². The maximum Gasteiger partial charge on any atom is 0.175 e. The molecule has 0 aliphatic carbocycles. The molecule has 3 nitrogen and oxygen atoms in total. The molecule has 0 amide bonds. The van der Waals surface area contributed by atoms with Crippen molar-refractivity contribution < 1.29 is 8.42 Å². The zero-order valence-corrected chi connectivity index (χ0v) is 17.2. The van der Waals surface area contributed by atoms with Crippen LogP contribution in [0.1, 0.15) is 0 Å². The monoisotopic (exact) mass is 401 g/mol. The first-order valence-electron chi connectivity index (χ1n) is 7.92. The molecule has 0 atom stereocenters. The van der Waals surface area contributed by atoms with Crippen LogP contribution in [-0.2, 0) is 9.84 Å². The summed E-state index contributed by atoms with van der Waals surface area (Å²) in [6.07, 6.45) is 5.27. The number of nitrogens with zero attached hydrogens (tertiary/aromatic N) is 1. The standard InChI is InChI=1S/C20H19NO2S3/c1-24-16-8-4-15(5-9-16)20-18(12-13-19(21-20)25-2)14-6-10-17(11-7-14)26(3,22)23/h4-13H,1-3H3. The maximum absolute atomic E-state index is 11.7. The van der Waals surface area contributed by atoms with Crippen molar-refractivity contribution in [3.8, 4) is 22.4 Å². The second-order valence-corrected chi connectivity index (χ2v) is 9.50. The summed E-state index contributed by atoms with van der Waals surface area (Å²) < 4.78 is 23.4. The lowest BCUT2D eigenvalue weighted by Gasteiger charge is -2.12. The fourth-order valence-corrected chi connectivity index (χ4v) is 4.06. The van der Waals surface area contributed by atoms with Crippen LogP contribution in [0.3, 0.4) is 0 Å². The Morgan fingerprint density at radius 2 is 1.38 bits per heavy atom. The normalized spacial score (nSPS) is 11.5. The van der Waals surface area contributed by atoms with Gasteiger partial charge in [0.05, 0.1) is 15.6 Å². The van der Waals surface area contributed by atoms with Gasteiger partial charge in [0.2, 0.25) is 0 Å². The van der Waals surface area contributed by atoms with Gasteiger partial charge in [-0.25, -0.2) is 13.4 Å². The van der Waals surface area contributed by atoms with E-state index in [1.165, 1.54) is 11.2 Å². The van der Waals surface area contributed by atoms with Crippen LogP contribution < -0.4 is 0 Å². The minimum Gasteiger partial charge on any atom is -0.241 e.